The van der Waals surface area contributed by atoms with Crippen molar-refractivity contribution in [3.05, 3.63) is 77.6 Å². The van der Waals surface area contributed by atoms with Gasteiger partial charge in [-0.25, -0.2) is 4.98 Å². The summed E-state index contributed by atoms with van der Waals surface area (Å²) in [6, 6.07) is 22.2. The molecule has 0 bridgehead atoms. The highest BCUT2D eigenvalue weighted by Gasteiger charge is 2.14. The van der Waals surface area contributed by atoms with Crippen LogP contribution in [0.1, 0.15) is 36.7 Å². The summed E-state index contributed by atoms with van der Waals surface area (Å²) in [7, 11) is 1.62. The highest BCUT2D eigenvalue weighted by molar-refractivity contribution is 5.73. The number of aryl methyl sites for hydroxylation is 1. The summed E-state index contributed by atoms with van der Waals surface area (Å²) in [4.78, 5) is 9.45. The SMILES string of the molecule is CCCCc1nc2ccc(OC)nc2n1Cc1ccc(-c2ccccc2)c(C#N)c1. The molecule has 4 aromatic rings. The second kappa shape index (κ2) is 8.79. The van der Waals surface area contributed by atoms with Crippen LogP contribution in [-0.2, 0) is 13.0 Å². The normalized spacial score (nSPS) is 10.8. The van der Waals surface area contributed by atoms with E-state index in [0.29, 0.717) is 18.0 Å². The summed E-state index contributed by atoms with van der Waals surface area (Å²) in [5, 5.41) is 9.74. The first-order valence-electron chi connectivity index (χ1n) is 10.2. The van der Waals surface area contributed by atoms with Crippen LogP contribution in [0, 0.1) is 11.3 Å². The Balaban J connectivity index is 1.75. The first-order chi connectivity index (χ1) is 14.7. The second-order valence-electron chi connectivity index (χ2n) is 7.27. The van der Waals surface area contributed by atoms with Crippen molar-refractivity contribution in [2.45, 2.75) is 32.7 Å². The number of aromatic nitrogens is 3. The van der Waals surface area contributed by atoms with Crippen molar-refractivity contribution in [3.63, 3.8) is 0 Å². The van der Waals surface area contributed by atoms with Gasteiger partial charge in [0.25, 0.3) is 0 Å². The molecule has 5 nitrogen and oxygen atoms in total. The van der Waals surface area contributed by atoms with Gasteiger partial charge in [0.05, 0.1) is 25.3 Å². The predicted octanol–water partition coefficient (Wildman–Crippen LogP) is 5.37. The van der Waals surface area contributed by atoms with Crippen molar-refractivity contribution in [1.29, 1.82) is 5.26 Å². The lowest BCUT2D eigenvalue weighted by atomic mass is 9.98. The van der Waals surface area contributed by atoms with E-state index in [9.17, 15) is 5.26 Å². The number of benzene rings is 2. The molecule has 2 heterocycles. The average Bonchev–Trinajstić information content (AvgIpc) is 3.14. The zero-order chi connectivity index (χ0) is 20.9. The fourth-order valence-corrected chi connectivity index (χ4v) is 3.67. The van der Waals surface area contributed by atoms with Crippen molar-refractivity contribution >= 4 is 11.2 Å². The summed E-state index contributed by atoms with van der Waals surface area (Å²) in [5.74, 6) is 1.58. The Labute approximate surface area is 176 Å². The Morgan fingerprint density at radius 1 is 1.03 bits per heavy atom. The van der Waals surface area contributed by atoms with E-state index >= 15 is 0 Å². The van der Waals surface area contributed by atoms with Gasteiger partial charge in [0.2, 0.25) is 5.88 Å². The molecule has 2 aromatic heterocycles. The monoisotopic (exact) mass is 396 g/mol. The van der Waals surface area contributed by atoms with Crippen molar-refractivity contribution in [3.8, 4) is 23.1 Å². The van der Waals surface area contributed by atoms with Gasteiger partial charge in [-0.05, 0) is 35.2 Å². The molecule has 0 fully saturated rings. The van der Waals surface area contributed by atoms with Crippen LogP contribution in [0.15, 0.2) is 60.7 Å². The van der Waals surface area contributed by atoms with Crippen LogP contribution in [0.4, 0.5) is 0 Å². The van der Waals surface area contributed by atoms with E-state index in [-0.39, 0.29) is 0 Å². The van der Waals surface area contributed by atoms with Gasteiger partial charge in [0.15, 0.2) is 5.65 Å². The van der Waals surface area contributed by atoms with Crippen LogP contribution in [0.2, 0.25) is 0 Å². The number of hydrogen-bond donors (Lipinski definition) is 0. The second-order valence-corrected chi connectivity index (χ2v) is 7.27. The maximum absolute atomic E-state index is 9.74. The van der Waals surface area contributed by atoms with Gasteiger partial charge in [-0.2, -0.15) is 10.2 Å². The zero-order valence-corrected chi connectivity index (χ0v) is 17.3. The Morgan fingerprint density at radius 2 is 1.87 bits per heavy atom. The first kappa shape index (κ1) is 19.7. The predicted molar refractivity (Wildman–Crippen MR) is 118 cm³/mol. The van der Waals surface area contributed by atoms with Crippen LogP contribution in [0.3, 0.4) is 0 Å². The van der Waals surface area contributed by atoms with Crippen molar-refractivity contribution in [2.24, 2.45) is 0 Å². The molecule has 0 atom stereocenters. The molecule has 0 N–H and O–H groups in total. The molecule has 0 saturated carbocycles. The summed E-state index contributed by atoms with van der Waals surface area (Å²) < 4.78 is 7.47. The molecule has 2 aromatic carbocycles. The number of nitrogens with zero attached hydrogens (tertiary/aromatic N) is 4. The number of ether oxygens (including phenoxy) is 1. The average molecular weight is 396 g/mol. The lowest BCUT2D eigenvalue weighted by Gasteiger charge is -2.11. The van der Waals surface area contributed by atoms with E-state index in [4.69, 9.17) is 9.72 Å². The topological polar surface area (TPSA) is 63.7 Å². The number of fused-ring (bicyclic) bond motifs is 1. The number of rotatable bonds is 7. The number of pyridine rings is 1. The summed E-state index contributed by atoms with van der Waals surface area (Å²) in [5.41, 5.74) is 5.39. The smallest absolute Gasteiger partial charge is 0.215 e. The molecule has 0 aliphatic carbocycles. The third-order valence-electron chi connectivity index (χ3n) is 5.24. The zero-order valence-electron chi connectivity index (χ0n) is 17.3. The van der Waals surface area contributed by atoms with Crippen LogP contribution in [-0.4, -0.2) is 21.6 Å². The van der Waals surface area contributed by atoms with Gasteiger partial charge >= 0.3 is 0 Å². The van der Waals surface area contributed by atoms with E-state index in [0.717, 1.165) is 52.9 Å². The molecule has 4 rings (SSSR count). The number of unbranched alkanes of at least 4 members (excludes halogenated alkanes) is 1. The highest BCUT2D eigenvalue weighted by Crippen LogP contribution is 2.26. The molecule has 0 saturated heterocycles. The molecule has 0 aliphatic heterocycles. The van der Waals surface area contributed by atoms with E-state index in [1.54, 1.807) is 7.11 Å². The number of methoxy groups -OCH3 is 1. The third kappa shape index (κ3) is 3.90. The maximum atomic E-state index is 9.74. The molecule has 30 heavy (non-hydrogen) atoms. The van der Waals surface area contributed by atoms with Crippen molar-refractivity contribution in [1.82, 2.24) is 14.5 Å². The van der Waals surface area contributed by atoms with Gasteiger partial charge < -0.3 is 9.30 Å². The molecule has 0 spiro atoms. The van der Waals surface area contributed by atoms with Crippen LogP contribution >= 0.6 is 0 Å². The van der Waals surface area contributed by atoms with Gasteiger partial charge in [-0.15, -0.1) is 0 Å². The van der Waals surface area contributed by atoms with Gasteiger partial charge in [-0.3, -0.25) is 0 Å². The number of hydrogen-bond acceptors (Lipinski definition) is 4. The Kier molecular flexibility index (Phi) is 5.76. The lowest BCUT2D eigenvalue weighted by Crippen LogP contribution is -2.07. The molecule has 0 unspecified atom stereocenters. The van der Waals surface area contributed by atoms with Crippen molar-refractivity contribution < 1.29 is 4.74 Å². The third-order valence-corrected chi connectivity index (χ3v) is 5.24. The summed E-state index contributed by atoms with van der Waals surface area (Å²) in [6.45, 7) is 2.79. The molecule has 0 amide bonds. The largest absolute Gasteiger partial charge is 0.481 e. The molecular formula is C25H24N4O. The van der Waals surface area contributed by atoms with E-state index < -0.39 is 0 Å². The van der Waals surface area contributed by atoms with Crippen molar-refractivity contribution in [2.75, 3.05) is 7.11 Å². The molecule has 0 aliphatic rings. The van der Waals surface area contributed by atoms with E-state index in [1.165, 1.54) is 0 Å². The van der Waals surface area contributed by atoms with E-state index in [1.807, 2.05) is 54.6 Å². The fraction of sp³-hybridized carbons (Fsp3) is 0.240. The Hall–Kier alpha value is -3.65. The molecular weight excluding hydrogens is 372 g/mol. The quantitative estimate of drug-likeness (QED) is 0.421. The Morgan fingerprint density at radius 3 is 2.60 bits per heavy atom. The standard InChI is InChI=1S/C25H24N4O/c1-3-4-10-23-27-22-13-14-24(30-2)28-25(22)29(23)17-18-11-12-21(20(15-18)16-26)19-8-6-5-7-9-19/h5-9,11-15H,3-4,10,17H2,1-2H3. The summed E-state index contributed by atoms with van der Waals surface area (Å²) in [6.07, 6.45) is 3.06. The highest BCUT2D eigenvalue weighted by atomic mass is 16.5. The molecule has 5 heteroatoms. The fourth-order valence-electron chi connectivity index (χ4n) is 3.67. The van der Waals surface area contributed by atoms with E-state index in [2.05, 4.69) is 28.6 Å². The number of imidazole rings is 1. The lowest BCUT2D eigenvalue weighted by molar-refractivity contribution is 0.399. The van der Waals surface area contributed by atoms with Gasteiger partial charge in [0, 0.05) is 12.5 Å². The Bertz CT molecular complexity index is 1210. The van der Waals surface area contributed by atoms with Crippen LogP contribution in [0.25, 0.3) is 22.3 Å². The minimum absolute atomic E-state index is 0.572. The first-order valence-corrected chi connectivity index (χ1v) is 10.2. The minimum atomic E-state index is 0.572. The number of nitriles is 1. The van der Waals surface area contributed by atoms with Gasteiger partial charge in [-0.1, -0.05) is 55.8 Å². The molecule has 0 radical (unpaired) electrons. The summed E-state index contributed by atoms with van der Waals surface area (Å²) >= 11 is 0. The maximum Gasteiger partial charge on any atom is 0.215 e. The minimum Gasteiger partial charge on any atom is -0.481 e. The van der Waals surface area contributed by atoms with Crippen LogP contribution in [0.5, 0.6) is 5.88 Å². The van der Waals surface area contributed by atoms with Gasteiger partial charge in [0.1, 0.15) is 11.3 Å². The molecule has 150 valence electrons. The van der Waals surface area contributed by atoms with Crippen LogP contribution < -0.4 is 4.74 Å².